The van der Waals surface area contributed by atoms with E-state index in [4.69, 9.17) is 9.84 Å². The van der Waals surface area contributed by atoms with Gasteiger partial charge in [-0.1, -0.05) is 6.92 Å². The summed E-state index contributed by atoms with van der Waals surface area (Å²) in [5.41, 5.74) is 1.01. The standard InChI is InChI=1S/C6H11N3O2S.C4H7N3/c10-1-2-11-3-4-12-6-5-7-9-8-6;1-2-4-3-5-7-6-4/h5,10H,1-4H2,(H,7,8,9);3H,2H2,1H3,(H,5,6,7). The van der Waals surface area contributed by atoms with Crippen LogP contribution < -0.4 is 0 Å². The third-order valence-corrected chi connectivity index (χ3v) is 2.80. The van der Waals surface area contributed by atoms with Gasteiger partial charge in [0.25, 0.3) is 0 Å². The van der Waals surface area contributed by atoms with E-state index in [0.29, 0.717) is 13.2 Å². The quantitative estimate of drug-likeness (QED) is 0.494. The average Bonchev–Trinajstić information content (AvgIpc) is 3.12. The van der Waals surface area contributed by atoms with Crippen molar-refractivity contribution in [3.8, 4) is 0 Å². The van der Waals surface area contributed by atoms with Crippen LogP contribution in [-0.2, 0) is 11.2 Å². The molecule has 0 aliphatic rings. The molecular formula is C10H18N6O2S. The van der Waals surface area contributed by atoms with Crippen LogP contribution in [-0.4, -0.2) is 61.5 Å². The summed E-state index contributed by atoms with van der Waals surface area (Å²) in [6.45, 7) is 3.14. The fraction of sp³-hybridized carbons (Fsp3) is 0.600. The number of hydrogen-bond acceptors (Lipinski definition) is 7. The molecule has 0 aliphatic heterocycles. The summed E-state index contributed by atoms with van der Waals surface area (Å²) in [5, 5.41) is 29.2. The van der Waals surface area contributed by atoms with Gasteiger partial charge in [-0.15, -0.1) is 16.9 Å². The fourth-order valence-electron chi connectivity index (χ4n) is 1.03. The van der Waals surface area contributed by atoms with Crippen molar-refractivity contribution in [3.63, 3.8) is 0 Å². The molecule has 0 amide bonds. The van der Waals surface area contributed by atoms with E-state index in [1.807, 2.05) is 6.92 Å². The van der Waals surface area contributed by atoms with Crippen molar-refractivity contribution in [1.29, 1.82) is 0 Å². The largest absolute Gasteiger partial charge is 0.394 e. The normalized spacial score (nSPS) is 10.0. The van der Waals surface area contributed by atoms with Gasteiger partial charge >= 0.3 is 0 Å². The van der Waals surface area contributed by atoms with E-state index in [9.17, 15) is 0 Å². The van der Waals surface area contributed by atoms with E-state index in [1.165, 1.54) is 0 Å². The molecule has 0 aliphatic carbocycles. The third kappa shape index (κ3) is 7.54. The van der Waals surface area contributed by atoms with Gasteiger partial charge in [0.15, 0.2) is 0 Å². The number of thioether (sulfide) groups is 1. The third-order valence-electron chi connectivity index (χ3n) is 1.93. The Morgan fingerprint density at radius 1 is 1.21 bits per heavy atom. The van der Waals surface area contributed by atoms with Gasteiger partial charge in [-0.05, 0) is 6.42 Å². The number of rotatable bonds is 7. The predicted molar refractivity (Wildman–Crippen MR) is 70.8 cm³/mol. The Labute approximate surface area is 115 Å². The molecule has 3 N–H and O–H groups in total. The zero-order valence-electron chi connectivity index (χ0n) is 10.7. The van der Waals surface area contributed by atoms with Crippen LogP contribution in [0.4, 0.5) is 0 Å². The fourth-order valence-corrected chi connectivity index (χ4v) is 1.67. The van der Waals surface area contributed by atoms with Gasteiger partial charge in [0.1, 0.15) is 5.03 Å². The molecule has 0 saturated carbocycles. The summed E-state index contributed by atoms with van der Waals surface area (Å²) in [4.78, 5) is 0. The van der Waals surface area contributed by atoms with E-state index in [-0.39, 0.29) is 6.61 Å². The smallest absolute Gasteiger partial charge is 0.138 e. The predicted octanol–water partition coefficient (Wildman–Crippen LogP) is 0.273. The number of nitrogens with zero attached hydrogens (tertiary/aromatic N) is 4. The lowest BCUT2D eigenvalue weighted by atomic mass is 10.4. The molecule has 0 atom stereocenters. The zero-order valence-corrected chi connectivity index (χ0v) is 11.6. The number of nitrogens with one attached hydrogen (secondary N) is 2. The lowest BCUT2D eigenvalue weighted by Gasteiger charge is -1.98. The van der Waals surface area contributed by atoms with Crippen molar-refractivity contribution in [3.05, 3.63) is 18.1 Å². The van der Waals surface area contributed by atoms with Crippen LogP contribution in [0.15, 0.2) is 17.4 Å². The number of aliphatic hydroxyl groups excluding tert-OH is 1. The number of hydrogen-bond donors (Lipinski definition) is 3. The molecule has 9 heteroatoms. The highest BCUT2D eigenvalue weighted by Gasteiger charge is 1.95. The maximum atomic E-state index is 8.39. The number of H-pyrrole nitrogens is 2. The molecule has 0 spiro atoms. The van der Waals surface area contributed by atoms with Crippen LogP contribution in [0.2, 0.25) is 0 Å². The second-order valence-corrected chi connectivity index (χ2v) is 4.42. The van der Waals surface area contributed by atoms with Crippen LogP contribution in [0.25, 0.3) is 0 Å². The van der Waals surface area contributed by atoms with Crippen LogP contribution in [0.3, 0.4) is 0 Å². The minimum Gasteiger partial charge on any atom is -0.394 e. The van der Waals surface area contributed by atoms with Gasteiger partial charge in [0.05, 0.1) is 37.9 Å². The molecule has 0 aromatic carbocycles. The van der Waals surface area contributed by atoms with Crippen molar-refractivity contribution in [2.24, 2.45) is 0 Å². The first kappa shape index (κ1) is 15.6. The first-order valence-corrected chi connectivity index (χ1v) is 6.87. The molecule has 0 fully saturated rings. The van der Waals surface area contributed by atoms with Crippen LogP contribution in [0.5, 0.6) is 0 Å². The Morgan fingerprint density at radius 3 is 2.53 bits per heavy atom. The molecule has 0 radical (unpaired) electrons. The summed E-state index contributed by atoms with van der Waals surface area (Å²) in [6.07, 6.45) is 4.34. The van der Waals surface area contributed by atoms with E-state index in [0.717, 1.165) is 22.9 Å². The molecular weight excluding hydrogens is 268 g/mol. The number of aromatic amines is 2. The molecule has 0 bridgehead atoms. The molecule has 8 nitrogen and oxygen atoms in total. The highest BCUT2D eigenvalue weighted by atomic mass is 32.2. The Kier molecular flexibility index (Phi) is 8.60. The maximum absolute atomic E-state index is 8.39. The van der Waals surface area contributed by atoms with Gasteiger partial charge in [0, 0.05) is 5.75 Å². The Bertz CT molecular complexity index is 394. The van der Waals surface area contributed by atoms with Crippen LogP contribution in [0.1, 0.15) is 12.6 Å². The van der Waals surface area contributed by atoms with Crippen LogP contribution in [0, 0.1) is 0 Å². The zero-order chi connectivity index (χ0) is 13.8. The van der Waals surface area contributed by atoms with E-state index in [2.05, 4.69) is 30.8 Å². The lowest BCUT2D eigenvalue weighted by molar-refractivity contribution is 0.103. The number of aromatic nitrogens is 6. The number of aliphatic hydroxyl groups is 1. The number of ether oxygens (including phenoxy) is 1. The Morgan fingerprint density at radius 2 is 2.00 bits per heavy atom. The summed E-state index contributed by atoms with van der Waals surface area (Å²) >= 11 is 1.57. The highest BCUT2D eigenvalue weighted by Crippen LogP contribution is 2.11. The first-order valence-electron chi connectivity index (χ1n) is 5.88. The molecule has 0 saturated heterocycles. The molecule has 106 valence electrons. The van der Waals surface area contributed by atoms with Crippen LogP contribution >= 0.6 is 11.8 Å². The SMILES string of the molecule is CCc1cn[nH]n1.OCCOCCSc1cn[nH]n1. The minimum absolute atomic E-state index is 0.0780. The number of aryl methyl sites for hydroxylation is 1. The second-order valence-electron chi connectivity index (χ2n) is 3.31. The van der Waals surface area contributed by atoms with Gasteiger partial charge in [-0.3, -0.25) is 0 Å². The minimum atomic E-state index is 0.0780. The van der Waals surface area contributed by atoms with Gasteiger partial charge in [-0.2, -0.15) is 25.7 Å². The second kappa shape index (κ2) is 10.5. The summed E-state index contributed by atoms with van der Waals surface area (Å²) in [5.74, 6) is 0.826. The molecule has 2 aromatic heterocycles. The van der Waals surface area contributed by atoms with E-state index >= 15 is 0 Å². The molecule has 2 rings (SSSR count). The maximum Gasteiger partial charge on any atom is 0.138 e. The molecule has 19 heavy (non-hydrogen) atoms. The van der Waals surface area contributed by atoms with E-state index < -0.39 is 0 Å². The highest BCUT2D eigenvalue weighted by molar-refractivity contribution is 7.99. The molecule has 2 aromatic rings. The molecule has 2 heterocycles. The summed E-state index contributed by atoms with van der Waals surface area (Å²) < 4.78 is 5.05. The average molecular weight is 286 g/mol. The van der Waals surface area contributed by atoms with E-state index in [1.54, 1.807) is 24.2 Å². The molecule has 0 unspecified atom stereocenters. The van der Waals surface area contributed by atoms with Crippen molar-refractivity contribution in [1.82, 2.24) is 30.8 Å². The first-order chi connectivity index (χ1) is 9.36. The van der Waals surface area contributed by atoms with Crippen molar-refractivity contribution >= 4 is 11.8 Å². The van der Waals surface area contributed by atoms with Gasteiger partial charge in [-0.25, -0.2) is 0 Å². The van der Waals surface area contributed by atoms with Gasteiger partial charge < -0.3 is 9.84 Å². The lowest BCUT2D eigenvalue weighted by Crippen LogP contribution is -2.02. The van der Waals surface area contributed by atoms with Gasteiger partial charge in [0.2, 0.25) is 0 Å². The summed E-state index contributed by atoms with van der Waals surface area (Å²) in [6, 6.07) is 0. The van der Waals surface area contributed by atoms with Crippen molar-refractivity contribution in [2.45, 2.75) is 18.4 Å². The summed E-state index contributed by atoms with van der Waals surface area (Å²) in [7, 11) is 0. The Balaban J connectivity index is 0.000000218. The monoisotopic (exact) mass is 286 g/mol. The topological polar surface area (TPSA) is 113 Å². The Hall–Kier alpha value is -1.45. The van der Waals surface area contributed by atoms with Crippen molar-refractivity contribution < 1.29 is 9.84 Å². The van der Waals surface area contributed by atoms with Crippen molar-refractivity contribution in [2.75, 3.05) is 25.6 Å².